The Morgan fingerprint density at radius 2 is 1.93 bits per heavy atom. The second-order valence-electron chi connectivity index (χ2n) is 6.40. The number of non-ortho nitro benzene ring substituents is 1. The van der Waals surface area contributed by atoms with Gasteiger partial charge in [0.2, 0.25) is 15.9 Å². The molecule has 2 rings (SSSR count). The lowest BCUT2D eigenvalue weighted by molar-refractivity contribution is -0.384. The van der Waals surface area contributed by atoms with Crippen LogP contribution in [0.15, 0.2) is 47.4 Å². The van der Waals surface area contributed by atoms with E-state index in [1.165, 1.54) is 30.0 Å². The molecule has 0 saturated carbocycles. The number of benzene rings is 2. The first-order valence-corrected chi connectivity index (χ1v) is 11.9. The Labute approximate surface area is 174 Å². The number of hydrogen-bond donors (Lipinski definition) is 1. The summed E-state index contributed by atoms with van der Waals surface area (Å²) in [6, 6.07) is 10.1. The van der Waals surface area contributed by atoms with Gasteiger partial charge < -0.3 is 5.32 Å². The van der Waals surface area contributed by atoms with E-state index in [1.807, 2.05) is 18.4 Å². The minimum absolute atomic E-state index is 0.113. The molecule has 1 amide bonds. The summed E-state index contributed by atoms with van der Waals surface area (Å²) in [6.45, 7) is 3.33. The van der Waals surface area contributed by atoms with E-state index in [4.69, 9.17) is 0 Å². The molecule has 8 nitrogen and oxygen atoms in total. The Bertz CT molecular complexity index is 1020. The second-order valence-corrected chi connectivity index (χ2v) is 9.11. The highest BCUT2D eigenvalue weighted by Crippen LogP contribution is 2.31. The third kappa shape index (κ3) is 5.27. The number of aryl methyl sites for hydroxylation is 1. The van der Waals surface area contributed by atoms with Crippen molar-refractivity contribution in [2.24, 2.45) is 0 Å². The zero-order valence-electron chi connectivity index (χ0n) is 16.6. The van der Waals surface area contributed by atoms with Gasteiger partial charge in [-0.2, -0.15) is 0 Å². The van der Waals surface area contributed by atoms with Crippen LogP contribution in [0.3, 0.4) is 0 Å². The van der Waals surface area contributed by atoms with E-state index in [-0.39, 0.29) is 17.8 Å². The van der Waals surface area contributed by atoms with Crippen molar-refractivity contribution in [2.45, 2.75) is 31.2 Å². The number of amides is 1. The number of nitrogens with one attached hydrogen (secondary N) is 1. The average Bonchev–Trinajstić information content (AvgIpc) is 2.66. The molecule has 1 atom stereocenters. The van der Waals surface area contributed by atoms with Crippen molar-refractivity contribution >= 4 is 44.8 Å². The number of thioether (sulfide) groups is 1. The number of anilines is 2. The topological polar surface area (TPSA) is 110 Å². The quantitative estimate of drug-likeness (QED) is 0.382. The molecule has 0 spiro atoms. The maximum Gasteiger partial charge on any atom is 0.271 e. The lowest BCUT2D eigenvalue weighted by Crippen LogP contribution is -2.47. The highest BCUT2D eigenvalue weighted by Gasteiger charge is 2.33. The van der Waals surface area contributed by atoms with E-state index in [0.717, 1.165) is 15.5 Å². The summed E-state index contributed by atoms with van der Waals surface area (Å²) in [5.74, 6) is -0.509. The smallest absolute Gasteiger partial charge is 0.271 e. The number of rotatable bonds is 8. The first-order chi connectivity index (χ1) is 13.6. The molecule has 0 radical (unpaired) electrons. The number of nitro benzene ring substituents is 1. The first-order valence-electron chi connectivity index (χ1n) is 8.78. The van der Waals surface area contributed by atoms with Gasteiger partial charge >= 0.3 is 0 Å². The van der Waals surface area contributed by atoms with Gasteiger partial charge in [0.15, 0.2) is 0 Å². The zero-order chi connectivity index (χ0) is 21.8. The fraction of sp³-hybridized carbons (Fsp3) is 0.316. The molecule has 1 N–H and O–H groups in total. The maximum absolute atomic E-state index is 13.0. The Balaban J connectivity index is 2.52. The summed E-state index contributed by atoms with van der Waals surface area (Å²) in [5.41, 5.74) is 0.952. The van der Waals surface area contributed by atoms with E-state index < -0.39 is 26.9 Å². The summed E-state index contributed by atoms with van der Waals surface area (Å²) >= 11 is 1.45. The van der Waals surface area contributed by atoms with E-state index in [0.29, 0.717) is 11.3 Å². The van der Waals surface area contributed by atoms with Crippen LogP contribution in [-0.2, 0) is 14.8 Å². The van der Waals surface area contributed by atoms with Crippen LogP contribution in [0.4, 0.5) is 17.1 Å². The highest BCUT2D eigenvalue weighted by atomic mass is 32.2. The van der Waals surface area contributed by atoms with Crippen LogP contribution in [0.5, 0.6) is 0 Å². The van der Waals surface area contributed by atoms with Crippen molar-refractivity contribution in [3.8, 4) is 0 Å². The Kier molecular flexibility index (Phi) is 7.26. The van der Waals surface area contributed by atoms with Crippen LogP contribution < -0.4 is 9.62 Å². The van der Waals surface area contributed by atoms with Gasteiger partial charge in [-0.1, -0.05) is 25.1 Å². The number of carbonyl (C=O) groups is 1. The molecule has 0 fully saturated rings. The number of nitrogens with zero attached hydrogens (tertiary/aromatic N) is 2. The first kappa shape index (κ1) is 22.7. The van der Waals surface area contributed by atoms with Crippen molar-refractivity contribution in [1.82, 2.24) is 0 Å². The number of para-hydroxylation sites is 1. The van der Waals surface area contributed by atoms with Crippen molar-refractivity contribution < 1.29 is 18.1 Å². The SMILES string of the molecule is CCC(C(=O)Nc1ccccc1SC)N(c1cc([N+](=O)[O-])ccc1C)S(C)(=O)=O. The molecule has 0 aliphatic rings. The summed E-state index contributed by atoms with van der Waals surface area (Å²) in [5, 5.41) is 14.0. The molecule has 2 aromatic rings. The van der Waals surface area contributed by atoms with Gasteiger partial charge in [-0.25, -0.2) is 8.42 Å². The Morgan fingerprint density at radius 3 is 2.48 bits per heavy atom. The molecule has 0 saturated heterocycles. The van der Waals surface area contributed by atoms with Crippen LogP contribution in [-0.4, -0.2) is 37.8 Å². The zero-order valence-corrected chi connectivity index (χ0v) is 18.2. The Morgan fingerprint density at radius 1 is 1.28 bits per heavy atom. The third-order valence-corrected chi connectivity index (χ3v) is 6.30. The van der Waals surface area contributed by atoms with Crippen molar-refractivity contribution in [3.05, 3.63) is 58.1 Å². The van der Waals surface area contributed by atoms with Gasteiger partial charge in [-0.3, -0.25) is 19.2 Å². The molecule has 10 heteroatoms. The summed E-state index contributed by atoms with van der Waals surface area (Å²) in [4.78, 5) is 24.5. The average molecular weight is 438 g/mol. The van der Waals surface area contributed by atoms with Gasteiger partial charge in [-0.15, -0.1) is 11.8 Å². The molecule has 1 unspecified atom stereocenters. The van der Waals surface area contributed by atoms with E-state index in [9.17, 15) is 23.3 Å². The van der Waals surface area contributed by atoms with Gasteiger partial charge in [0.25, 0.3) is 5.69 Å². The second kappa shape index (κ2) is 9.27. The summed E-state index contributed by atoms with van der Waals surface area (Å²) in [7, 11) is -3.90. The molecular weight excluding hydrogens is 414 g/mol. The van der Waals surface area contributed by atoms with E-state index in [1.54, 1.807) is 26.0 Å². The molecule has 0 aromatic heterocycles. The van der Waals surface area contributed by atoms with E-state index >= 15 is 0 Å². The van der Waals surface area contributed by atoms with Crippen LogP contribution >= 0.6 is 11.8 Å². The normalized spacial score (nSPS) is 12.3. The van der Waals surface area contributed by atoms with Crippen molar-refractivity contribution in [1.29, 1.82) is 0 Å². The minimum Gasteiger partial charge on any atom is -0.323 e. The van der Waals surface area contributed by atoms with Crippen molar-refractivity contribution in [2.75, 3.05) is 22.1 Å². The van der Waals surface area contributed by atoms with E-state index in [2.05, 4.69) is 5.32 Å². The predicted molar refractivity (Wildman–Crippen MR) is 116 cm³/mol. The maximum atomic E-state index is 13.0. The monoisotopic (exact) mass is 437 g/mol. The molecule has 29 heavy (non-hydrogen) atoms. The number of carbonyl (C=O) groups excluding carboxylic acids is 1. The molecule has 2 aromatic carbocycles. The third-order valence-electron chi connectivity index (χ3n) is 4.34. The van der Waals surface area contributed by atoms with Crippen LogP contribution in [0.25, 0.3) is 0 Å². The van der Waals surface area contributed by atoms with Gasteiger partial charge in [-0.05, 0) is 37.3 Å². The van der Waals surface area contributed by atoms with Gasteiger partial charge in [0.05, 0.1) is 22.6 Å². The number of sulfonamides is 1. The fourth-order valence-corrected chi connectivity index (χ4v) is 4.76. The standard InChI is InChI=1S/C19H23N3O5S2/c1-5-16(19(23)20-15-8-6-7-9-18(15)28-3)21(29(4,26)27)17-12-14(22(24)25)11-10-13(17)2/h6-12,16H,5H2,1-4H3,(H,20,23). The number of hydrogen-bond acceptors (Lipinski definition) is 6. The minimum atomic E-state index is -3.90. The van der Waals surface area contributed by atoms with Gasteiger partial charge in [0, 0.05) is 17.0 Å². The summed E-state index contributed by atoms with van der Waals surface area (Å²) < 4.78 is 26.2. The lowest BCUT2D eigenvalue weighted by atomic mass is 10.1. The van der Waals surface area contributed by atoms with Crippen molar-refractivity contribution in [3.63, 3.8) is 0 Å². The summed E-state index contributed by atoms with van der Waals surface area (Å²) in [6.07, 6.45) is 3.04. The molecule has 0 aliphatic heterocycles. The van der Waals surface area contributed by atoms with Crippen LogP contribution in [0.2, 0.25) is 0 Å². The molecule has 0 heterocycles. The largest absolute Gasteiger partial charge is 0.323 e. The molecule has 156 valence electrons. The molecule has 0 bridgehead atoms. The number of nitro groups is 1. The Hall–Kier alpha value is -2.59. The molecule has 0 aliphatic carbocycles. The lowest BCUT2D eigenvalue weighted by Gasteiger charge is -2.31. The fourth-order valence-electron chi connectivity index (χ4n) is 2.95. The highest BCUT2D eigenvalue weighted by molar-refractivity contribution is 7.98. The van der Waals surface area contributed by atoms with Gasteiger partial charge in [0.1, 0.15) is 6.04 Å². The molecular formula is C19H23N3O5S2. The van der Waals surface area contributed by atoms with Crippen LogP contribution in [0, 0.1) is 17.0 Å². The predicted octanol–water partition coefficient (Wildman–Crippen LogP) is 3.81. The van der Waals surface area contributed by atoms with Crippen LogP contribution in [0.1, 0.15) is 18.9 Å².